The third-order valence-electron chi connectivity index (χ3n) is 2.41. The number of aromatic nitrogens is 2. The van der Waals surface area contributed by atoms with E-state index in [1.807, 2.05) is 30.3 Å². The molecule has 2 heterocycles. The van der Waals surface area contributed by atoms with Crippen LogP contribution in [0.1, 0.15) is 11.5 Å². The van der Waals surface area contributed by atoms with Gasteiger partial charge < -0.3 is 4.42 Å². The van der Waals surface area contributed by atoms with E-state index < -0.39 is 0 Å². The van der Waals surface area contributed by atoms with E-state index in [0.717, 1.165) is 5.58 Å². The highest BCUT2D eigenvalue weighted by Crippen LogP contribution is 2.15. The molecule has 3 nitrogen and oxygen atoms in total. The molecule has 16 heavy (non-hydrogen) atoms. The molecule has 0 atom stereocenters. The summed E-state index contributed by atoms with van der Waals surface area (Å²) in [4.78, 5) is 8.47. The third kappa shape index (κ3) is 1.67. The highest BCUT2D eigenvalue weighted by atomic mass is 16.3. The van der Waals surface area contributed by atoms with Crippen molar-refractivity contribution in [3.63, 3.8) is 0 Å². The first-order valence-corrected chi connectivity index (χ1v) is 5.16. The molecule has 0 spiro atoms. The van der Waals surface area contributed by atoms with E-state index in [9.17, 15) is 0 Å². The molecule has 3 rings (SSSR count). The summed E-state index contributed by atoms with van der Waals surface area (Å²) in [6.45, 7) is 0. The van der Waals surface area contributed by atoms with E-state index >= 15 is 0 Å². The highest BCUT2D eigenvalue weighted by Gasteiger charge is 2.06. The Morgan fingerprint density at radius 2 is 1.88 bits per heavy atom. The van der Waals surface area contributed by atoms with Gasteiger partial charge in [-0.25, -0.2) is 4.98 Å². The van der Waals surface area contributed by atoms with Gasteiger partial charge in [0, 0.05) is 12.6 Å². The van der Waals surface area contributed by atoms with Gasteiger partial charge in [0.1, 0.15) is 0 Å². The van der Waals surface area contributed by atoms with E-state index in [1.54, 1.807) is 6.20 Å². The Morgan fingerprint density at radius 1 is 1.00 bits per heavy atom. The van der Waals surface area contributed by atoms with Crippen LogP contribution in [0.3, 0.4) is 0 Å². The molecule has 0 fully saturated rings. The molecule has 0 aliphatic heterocycles. The molecule has 1 aromatic carbocycles. The van der Waals surface area contributed by atoms with E-state index in [-0.39, 0.29) is 0 Å². The molecule has 0 amide bonds. The fourth-order valence-corrected chi connectivity index (χ4v) is 1.66. The van der Waals surface area contributed by atoms with E-state index in [0.29, 0.717) is 18.0 Å². The van der Waals surface area contributed by atoms with E-state index in [2.05, 4.69) is 22.1 Å². The number of oxazole rings is 1. The summed E-state index contributed by atoms with van der Waals surface area (Å²) in [6.07, 6.45) is 2.42. The van der Waals surface area contributed by atoms with Crippen molar-refractivity contribution in [1.82, 2.24) is 9.97 Å². The second kappa shape index (κ2) is 3.77. The number of pyridine rings is 1. The lowest BCUT2D eigenvalue weighted by atomic mass is 10.2. The van der Waals surface area contributed by atoms with Crippen LogP contribution in [0.2, 0.25) is 0 Å². The van der Waals surface area contributed by atoms with Crippen LogP contribution in [-0.4, -0.2) is 9.97 Å². The lowest BCUT2D eigenvalue weighted by Crippen LogP contribution is -1.86. The van der Waals surface area contributed by atoms with Crippen LogP contribution in [0.25, 0.3) is 11.2 Å². The normalized spacial score (nSPS) is 10.8. The topological polar surface area (TPSA) is 38.9 Å². The zero-order chi connectivity index (χ0) is 10.8. The van der Waals surface area contributed by atoms with Crippen LogP contribution in [0.4, 0.5) is 0 Å². The van der Waals surface area contributed by atoms with Crippen LogP contribution >= 0.6 is 0 Å². The Balaban J connectivity index is 1.95. The lowest BCUT2D eigenvalue weighted by Gasteiger charge is -1.94. The highest BCUT2D eigenvalue weighted by molar-refractivity contribution is 5.66. The summed E-state index contributed by atoms with van der Waals surface area (Å²) in [6, 6.07) is 13.9. The summed E-state index contributed by atoms with van der Waals surface area (Å²) >= 11 is 0. The van der Waals surface area contributed by atoms with Crippen LogP contribution in [0.5, 0.6) is 0 Å². The maximum atomic E-state index is 5.60. The van der Waals surface area contributed by atoms with Gasteiger partial charge >= 0.3 is 0 Å². The van der Waals surface area contributed by atoms with Crippen LogP contribution in [0.15, 0.2) is 53.1 Å². The Hall–Kier alpha value is -2.16. The van der Waals surface area contributed by atoms with Crippen molar-refractivity contribution in [2.24, 2.45) is 0 Å². The molecule has 0 saturated carbocycles. The number of hydrogen-bond donors (Lipinski definition) is 0. The molecule has 0 N–H and O–H groups in total. The predicted octanol–water partition coefficient (Wildman–Crippen LogP) is 2.81. The minimum Gasteiger partial charge on any atom is -0.439 e. The van der Waals surface area contributed by atoms with Crippen molar-refractivity contribution in [3.05, 3.63) is 60.1 Å². The van der Waals surface area contributed by atoms with Gasteiger partial charge in [-0.3, -0.25) is 0 Å². The van der Waals surface area contributed by atoms with Crippen molar-refractivity contribution in [1.29, 1.82) is 0 Å². The van der Waals surface area contributed by atoms with Gasteiger partial charge in [0.2, 0.25) is 5.89 Å². The largest absolute Gasteiger partial charge is 0.439 e. The summed E-state index contributed by atoms with van der Waals surface area (Å²) in [5, 5.41) is 0. The SMILES string of the molecule is c1ccc(Cc2nc3ncccc3o2)cc1. The smallest absolute Gasteiger partial charge is 0.201 e. The summed E-state index contributed by atoms with van der Waals surface area (Å²) in [5.41, 5.74) is 2.61. The number of rotatable bonds is 2. The molecule has 0 aliphatic rings. The Bertz CT molecular complexity index is 568. The third-order valence-corrected chi connectivity index (χ3v) is 2.41. The second-order valence-corrected chi connectivity index (χ2v) is 3.60. The van der Waals surface area contributed by atoms with Crippen molar-refractivity contribution in [2.75, 3.05) is 0 Å². The van der Waals surface area contributed by atoms with Gasteiger partial charge in [0.05, 0.1) is 0 Å². The maximum Gasteiger partial charge on any atom is 0.201 e. The van der Waals surface area contributed by atoms with Crippen LogP contribution in [0, 0.1) is 0 Å². The van der Waals surface area contributed by atoms with Crippen molar-refractivity contribution in [3.8, 4) is 0 Å². The second-order valence-electron chi connectivity index (χ2n) is 3.60. The van der Waals surface area contributed by atoms with Crippen molar-refractivity contribution in [2.45, 2.75) is 6.42 Å². The standard InChI is InChI=1S/C13H10N2O/c1-2-5-10(6-3-1)9-12-15-13-11(16-12)7-4-8-14-13/h1-8H,9H2. The van der Waals surface area contributed by atoms with Crippen LogP contribution < -0.4 is 0 Å². The molecular formula is C13H10N2O. The molecule has 0 saturated heterocycles. The molecule has 0 bridgehead atoms. The minimum atomic E-state index is 0.674. The van der Waals surface area contributed by atoms with Gasteiger partial charge in [-0.2, -0.15) is 4.98 Å². The fourth-order valence-electron chi connectivity index (χ4n) is 1.66. The molecule has 0 radical (unpaired) electrons. The molecule has 78 valence electrons. The van der Waals surface area contributed by atoms with E-state index in [1.165, 1.54) is 5.56 Å². The molecule has 3 heteroatoms. The number of hydrogen-bond acceptors (Lipinski definition) is 3. The van der Waals surface area contributed by atoms with Gasteiger partial charge in [-0.15, -0.1) is 0 Å². The number of nitrogens with zero attached hydrogens (tertiary/aromatic N) is 2. The predicted molar refractivity (Wildman–Crippen MR) is 61.1 cm³/mol. The molecule has 3 aromatic rings. The monoisotopic (exact) mass is 210 g/mol. The Morgan fingerprint density at radius 3 is 2.69 bits per heavy atom. The quantitative estimate of drug-likeness (QED) is 0.652. The van der Waals surface area contributed by atoms with Gasteiger partial charge in [0.25, 0.3) is 0 Å². The van der Waals surface area contributed by atoms with Crippen LogP contribution in [-0.2, 0) is 6.42 Å². The molecule has 0 unspecified atom stereocenters. The Kier molecular flexibility index (Phi) is 2.14. The van der Waals surface area contributed by atoms with Gasteiger partial charge in [-0.1, -0.05) is 30.3 Å². The lowest BCUT2D eigenvalue weighted by molar-refractivity contribution is 0.544. The van der Waals surface area contributed by atoms with Gasteiger partial charge in [0.15, 0.2) is 11.2 Å². The first-order chi connectivity index (χ1) is 7.92. The summed E-state index contributed by atoms with van der Waals surface area (Å²) in [5.74, 6) is 0.708. The number of fused-ring (bicyclic) bond motifs is 1. The molecule has 2 aromatic heterocycles. The summed E-state index contributed by atoms with van der Waals surface area (Å²) in [7, 11) is 0. The summed E-state index contributed by atoms with van der Waals surface area (Å²) < 4.78 is 5.60. The fraction of sp³-hybridized carbons (Fsp3) is 0.0769. The zero-order valence-electron chi connectivity index (χ0n) is 8.63. The minimum absolute atomic E-state index is 0.674. The Labute approximate surface area is 92.8 Å². The zero-order valence-corrected chi connectivity index (χ0v) is 8.63. The van der Waals surface area contributed by atoms with Gasteiger partial charge in [-0.05, 0) is 17.7 Å². The van der Waals surface area contributed by atoms with E-state index in [4.69, 9.17) is 4.42 Å². The number of benzene rings is 1. The van der Waals surface area contributed by atoms with Crippen molar-refractivity contribution >= 4 is 11.2 Å². The van der Waals surface area contributed by atoms with Crippen molar-refractivity contribution < 1.29 is 4.42 Å². The first-order valence-electron chi connectivity index (χ1n) is 5.16. The molecule has 0 aliphatic carbocycles. The first kappa shape index (κ1) is 9.09. The average molecular weight is 210 g/mol. The maximum absolute atomic E-state index is 5.60. The average Bonchev–Trinajstić information content (AvgIpc) is 2.72. The molecular weight excluding hydrogens is 200 g/mol.